The van der Waals surface area contributed by atoms with Gasteiger partial charge in [-0.25, -0.2) is 4.79 Å². The molecule has 0 saturated heterocycles. The molecule has 0 aromatic carbocycles. The molecule has 7 heteroatoms. The third kappa shape index (κ3) is 1.78. The van der Waals surface area contributed by atoms with Gasteiger partial charge in [-0.2, -0.15) is 4.98 Å². The van der Waals surface area contributed by atoms with Crippen LogP contribution in [-0.4, -0.2) is 23.1 Å². The molecule has 0 atom stereocenters. The number of hydrogen-bond donors (Lipinski definition) is 0. The lowest BCUT2D eigenvalue weighted by Gasteiger charge is -2.06. The van der Waals surface area contributed by atoms with Crippen molar-refractivity contribution >= 4 is 16.9 Å². The third-order valence-corrected chi connectivity index (χ3v) is 3.90. The van der Waals surface area contributed by atoms with Gasteiger partial charge in [-0.15, -0.1) is 6.58 Å². The first-order valence-corrected chi connectivity index (χ1v) is 7.29. The summed E-state index contributed by atoms with van der Waals surface area (Å²) in [6, 6.07) is 0. The minimum atomic E-state index is -0.327. The van der Waals surface area contributed by atoms with Gasteiger partial charge in [-0.3, -0.25) is 18.3 Å². The van der Waals surface area contributed by atoms with E-state index in [-0.39, 0.29) is 11.2 Å². The Morgan fingerprint density at radius 2 is 2.05 bits per heavy atom. The Morgan fingerprint density at radius 3 is 2.68 bits per heavy atom. The Kier molecular flexibility index (Phi) is 3.27. The van der Waals surface area contributed by atoms with Gasteiger partial charge >= 0.3 is 5.69 Å². The molecule has 0 aliphatic heterocycles. The van der Waals surface area contributed by atoms with Crippen molar-refractivity contribution in [2.75, 3.05) is 0 Å². The fraction of sp³-hybridized carbons (Fsp3) is 0.400. The fourth-order valence-electron chi connectivity index (χ4n) is 2.83. The molecule has 3 heterocycles. The highest BCUT2D eigenvalue weighted by Gasteiger charge is 2.19. The largest absolute Gasteiger partial charge is 0.332 e. The summed E-state index contributed by atoms with van der Waals surface area (Å²) in [6.07, 6.45) is 4.37. The molecule has 0 spiro atoms. The van der Waals surface area contributed by atoms with Gasteiger partial charge in [0.25, 0.3) is 5.56 Å². The maximum Gasteiger partial charge on any atom is 0.332 e. The Morgan fingerprint density at radius 1 is 1.32 bits per heavy atom. The van der Waals surface area contributed by atoms with Gasteiger partial charge in [0, 0.05) is 32.0 Å². The quantitative estimate of drug-likeness (QED) is 0.677. The molecule has 7 nitrogen and oxygen atoms in total. The summed E-state index contributed by atoms with van der Waals surface area (Å²) in [5, 5.41) is 0. The Labute approximate surface area is 126 Å². The molecule has 22 heavy (non-hydrogen) atoms. The molecule has 0 aliphatic rings. The van der Waals surface area contributed by atoms with Crippen LogP contribution in [0.3, 0.4) is 0 Å². The van der Waals surface area contributed by atoms with E-state index in [4.69, 9.17) is 0 Å². The van der Waals surface area contributed by atoms with Crippen LogP contribution in [0, 0.1) is 6.92 Å². The maximum atomic E-state index is 12.7. The Hall–Kier alpha value is -2.57. The van der Waals surface area contributed by atoms with Gasteiger partial charge in [-0.1, -0.05) is 13.0 Å². The number of rotatable bonds is 4. The van der Waals surface area contributed by atoms with Crippen LogP contribution in [0.1, 0.15) is 19.0 Å². The van der Waals surface area contributed by atoms with Gasteiger partial charge in [0.05, 0.1) is 0 Å². The first-order valence-electron chi connectivity index (χ1n) is 7.29. The van der Waals surface area contributed by atoms with Crippen molar-refractivity contribution in [3.05, 3.63) is 45.4 Å². The van der Waals surface area contributed by atoms with Gasteiger partial charge < -0.3 is 4.57 Å². The predicted octanol–water partition coefficient (Wildman–Crippen LogP) is 1.05. The molecule has 0 unspecified atom stereocenters. The van der Waals surface area contributed by atoms with Crippen LogP contribution in [0.25, 0.3) is 16.9 Å². The van der Waals surface area contributed by atoms with Crippen molar-refractivity contribution in [3.63, 3.8) is 0 Å². The number of aryl methyl sites for hydroxylation is 2. The summed E-state index contributed by atoms with van der Waals surface area (Å²) >= 11 is 0. The number of aromatic nitrogens is 5. The number of nitrogens with zero attached hydrogens (tertiary/aromatic N) is 5. The summed E-state index contributed by atoms with van der Waals surface area (Å²) in [4.78, 5) is 29.5. The first-order chi connectivity index (χ1) is 10.5. The second-order valence-electron chi connectivity index (χ2n) is 5.42. The molecule has 116 valence electrons. The van der Waals surface area contributed by atoms with E-state index >= 15 is 0 Å². The zero-order valence-electron chi connectivity index (χ0n) is 13.0. The Balaban J connectivity index is 2.51. The van der Waals surface area contributed by atoms with Crippen LogP contribution in [0.2, 0.25) is 0 Å². The van der Waals surface area contributed by atoms with Crippen LogP contribution in [0.15, 0.2) is 28.4 Å². The number of hydrogen-bond acceptors (Lipinski definition) is 3. The zero-order chi connectivity index (χ0) is 16.0. The second-order valence-corrected chi connectivity index (χ2v) is 5.42. The molecule has 0 radical (unpaired) electrons. The van der Waals surface area contributed by atoms with Crippen molar-refractivity contribution in [3.8, 4) is 0 Å². The Bertz CT molecular complexity index is 999. The lowest BCUT2D eigenvalue weighted by Crippen LogP contribution is -2.39. The molecule has 0 N–H and O–H groups in total. The molecule has 0 fully saturated rings. The minimum absolute atomic E-state index is 0.289. The molecule has 0 saturated carbocycles. The summed E-state index contributed by atoms with van der Waals surface area (Å²) in [5.41, 5.74) is 1.22. The lowest BCUT2D eigenvalue weighted by molar-refractivity contribution is 0.592. The standard InChI is InChI=1S/C15H19N5O2/c1-5-7-18-10(3)9-20-11-12(16-14(18)20)17(4)15(22)19(8-6-2)13(11)21/h5,9H,1,6-8H2,2-4H3. The fourth-order valence-corrected chi connectivity index (χ4v) is 2.83. The normalized spacial score (nSPS) is 11.6. The molecule has 3 aromatic heterocycles. The molecular weight excluding hydrogens is 282 g/mol. The van der Waals surface area contributed by atoms with Gasteiger partial charge in [0.1, 0.15) is 0 Å². The molecule has 3 aromatic rings. The summed E-state index contributed by atoms with van der Waals surface area (Å²) in [5.74, 6) is 0.647. The lowest BCUT2D eigenvalue weighted by atomic mass is 10.4. The summed E-state index contributed by atoms with van der Waals surface area (Å²) in [6.45, 7) is 8.64. The van der Waals surface area contributed by atoms with E-state index in [2.05, 4.69) is 11.6 Å². The van der Waals surface area contributed by atoms with Gasteiger partial charge in [-0.05, 0) is 13.3 Å². The SMILES string of the molecule is C=CCn1c(C)cn2c3c(=O)n(CCC)c(=O)n(C)c3nc12. The van der Waals surface area contributed by atoms with Crippen molar-refractivity contribution in [1.82, 2.24) is 23.1 Å². The first kappa shape index (κ1) is 14.4. The predicted molar refractivity (Wildman–Crippen MR) is 85.4 cm³/mol. The highest BCUT2D eigenvalue weighted by molar-refractivity contribution is 5.75. The average Bonchev–Trinajstić information content (AvgIpc) is 2.99. The van der Waals surface area contributed by atoms with Crippen LogP contribution < -0.4 is 11.2 Å². The summed E-state index contributed by atoms with van der Waals surface area (Å²) in [7, 11) is 1.65. The van der Waals surface area contributed by atoms with Crippen molar-refractivity contribution < 1.29 is 0 Å². The smallest absolute Gasteiger partial charge is 0.310 e. The number of allylic oxidation sites excluding steroid dienone is 1. The van der Waals surface area contributed by atoms with E-state index in [0.717, 1.165) is 12.1 Å². The monoisotopic (exact) mass is 301 g/mol. The highest BCUT2D eigenvalue weighted by Crippen LogP contribution is 2.16. The van der Waals surface area contributed by atoms with Crippen LogP contribution in [-0.2, 0) is 20.1 Å². The van der Waals surface area contributed by atoms with E-state index < -0.39 is 0 Å². The maximum absolute atomic E-state index is 12.7. The van der Waals surface area contributed by atoms with E-state index in [1.54, 1.807) is 17.5 Å². The number of fused-ring (bicyclic) bond motifs is 3. The molecule has 0 bridgehead atoms. The topological polar surface area (TPSA) is 66.2 Å². The van der Waals surface area contributed by atoms with Gasteiger partial charge in [0.15, 0.2) is 11.2 Å². The van der Waals surface area contributed by atoms with E-state index in [1.807, 2.05) is 24.6 Å². The molecular formula is C15H19N5O2. The van der Waals surface area contributed by atoms with Crippen LogP contribution >= 0.6 is 0 Å². The molecule has 0 amide bonds. The average molecular weight is 301 g/mol. The van der Waals surface area contributed by atoms with Crippen molar-refractivity contribution in [2.24, 2.45) is 7.05 Å². The van der Waals surface area contributed by atoms with E-state index in [0.29, 0.717) is 30.0 Å². The van der Waals surface area contributed by atoms with E-state index in [1.165, 1.54) is 9.13 Å². The molecule has 3 rings (SSSR count). The summed E-state index contributed by atoms with van der Waals surface area (Å²) < 4.78 is 6.44. The van der Waals surface area contributed by atoms with Gasteiger partial charge in [0.2, 0.25) is 5.78 Å². The van der Waals surface area contributed by atoms with Crippen LogP contribution in [0.5, 0.6) is 0 Å². The zero-order valence-corrected chi connectivity index (χ0v) is 13.0. The van der Waals surface area contributed by atoms with Crippen molar-refractivity contribution in [1.29, 1.82) is 0 Å². The molecule has 0 aliphatic carbocycles. The highest BCUT2D eigenvalue weighted by atomic mass is 16.2. The van der Waals surface area contributed by atoms with E-state index in [9.17, 15) is 9.59 Å². The van der Waals surface area contributed by atoms with Crippen molar-refractivity contribution in [2.45, 2.75) is 33.4 Å². The van der Waals surface area contributed by atoms with Crippen LogP contribution in [0.4, 0.5) is 0 Å². The second kappa shape index (κ2) is 5.01. The third-order valence-electron chi connectivity index (χ3n) is 3.90. The number of imidazole rings is 2. The minimum Gasteiger partial charge on any atom is -0.310 e.